The van der Waals surface area contributed by atoms with Crippen molar-refractivity contribution in [3.63, 3.8) is 0 Å². The molecule has 0 radical (unpaired) electrons. The zero-order valence-corrected chi connectivity index (χ0v) is 25.0. The van der Waals surface area contributed by atoms with Crippen LogP contribution in [0.25, 0.3) is 0 Å². The average molecular weight is 471 g/mol. The monoisotopic (exact) mass is 470 g/mol. The summed E-state index contributed by atoms with van der Waals surface area (Å²) in [5.74, 6) is 0. The van der Waals surface area contributed by atoms with Crippen LogP contribution >= 0.6 is 0 Å². The van der Waals surface area contributed by atoms with Gasteiger partial charge in [-0.25, -0.2) is 0 Å². The van der Waals surface area contributed by atoms with Crippen molar-refractivity contribution in [2.24, 2.45) is 0 Å². The Morgan fingerprint density at radius 1 is 0.387 bits per heavy atom. The maximum absolute atomic E-state index is 6.87. The van der Waals surface area contributed by atoms with Gasteiger partial charge in [0.05, 0.1) is 0 Å². The van der Waals surface area contributed by atoms with Gasteiger partial charge in [-0.3, -0.25) is 0 Å². The van der Waals surface area contributed by atoms with E-state index in [2.05, 4.69) is 40.0 Å². The van der Waals surface area contributed by atoms with Gasteiger partial charge in [-0.05, 0) is 38.3 Å². The molecule has 0 saturated carbocycles. The molecule has 0 saturated heterocycles. The first-order valence-electron chi connectivity index (χ1n) is 14.5. The molecule has 0 bridgehead atoms. The summed E-state index contributed by atoms with van der Waals surface area (Å²) in [4.78, 5) is 0. The highest BCUT2D eigenvalue weighted by atomic mass is 28.4. The highest BCUT2D eigenvalue weighted by Crippen LogP contribution is 2.28. The van der Waals surface area contributed by atoms with Crippen molar-refractivity contribution in [3.8, 4) is 0 Å². The lowest BCUT2D eigenvalue weighted by Gasteiger charge is -2.35. The lowest BCUT2D eigenvalue weighted by Crippen LogP contribution is -2.44. The molecule has 0 spiro atoms. The van der Waals surface area contributed by atoms with Gasteiger partial charge in [-0.2, -0.15) is 0 Å². The van der Waals surface area contributed by atoms with Gasteiger partial charge in [0.25, 0.3) is 0 Å². The van der Waals surface area contributed by atoms with Crippen molar-refractivity contribution in [2.75, 3.05) is 0 Å². The van der Waals surface area contributed by atoms with Crippen LogP contribution in [0.3, 0.4) is 0 Å². The van der Waals surface area contributed by atoms with E-state index in [0.717, 1.165) is 0 Å². The quantitative estimate of drug-likeness (QED) is 0.101. The largest absolute Gasteiger partial charge is 0.456 e. The van der Waals surface area contributed by atoms with Crippen LogP contribution in [0.5, 0.6) is 0 Å². The van der Waals surface area contributed by atoms with Crippen molar-refractivity contribution >= 4 is 16.6 Å². The van der Waals surface area contributed by atoms with Crippen molar-refractivity contribution in [1.82, 2.24) is 0 Å². The minimum Gasteiger partial charge on any atom is -0.456 e. The second-order valence-electron chi connectivity index (χ2n) is 11.5. The number of rotatable bonds is 24. The second kappa shape index (κ2) is 21.0. The van der Waals surface area contributed by atoms with Crippen LogP contribution in [-0.2, 0) is 4.12 Å². The molecule has 0 unspecified atom stereocenters. The minimum atomic E-state index is -1.50. The minimum absolute atomic E-state index is 1.36. The summed E-state index contributed by atoms with van der Waals surface area (Å²) in [6.45, 7) is 14.4. The van der Waals surface area contributed by atoms with Crippen molar-refractivity contribution in [1.29, 1.82) is 0 Å². The predicted octanol–water partition coefficient (Wildman–Crippen LogP) is 11.3. The highest BCUT2D eigenvalue weighted by Gasteiger charge is 2.33. The Morgan fingerprint density at radius 2 is 0.645 bits per heavy atom. The second-order valence-corrected chi connectivity index (χ2v) is 20.5. The van der Waals surface area contributed by atoms with Gasteiger partial charge >= 0.3 is 0 Å². The lowest BCUT2D eigenvalue weighted by molar-refractivity contribution is 0.512. The van der Waals surface area contributed by atoms with Gasteiger partial charge in [-0.15, -0.1) is 0 Å². The fraction of sp³-hybridized carbons (Fsp3) is 1.00. The normalized spacial score (nSPS) is 12.6. The third kappa shape index (κ3) is 23.4. The van der Waals surface area contributed by atoms with E-state index in [-0.39, 0.29) is 0 Å². The molecule has 31 heavy (non-hydrogen) atoms. The van der Waals surface area contributed by atoms with E-state index in [0.29, 0.717) is 0 Å². The van der Waals surface area contributed by atoms with Crippen LogP contribution in [-0.4, -0.2) is 16.6 Å². The van der Waals surface area contributed by atoms with Crippen LogP contribution in [0.4, 0.5) is 0 Å². The third-order valence-corrected chi connectivity index (χ3v) is 13.9. The van der Waals surface area contributed by atoms with Gasteiger partial charge in [0, 0.05) is 0 Å². The maximum atomic E-state index is 6.87. The topological polar surface area (TPSA) is 9.23 Å². The van der Waals surface area contributed by atoms with Gasteiger partial charge in [0.1, 0.15) is 0 Å². The average Bonchev–Trinajstić information content (AvgIpc) is 2.69. The number of unbranched alkanes of at least 4 members (excludes halogenated alkanes) is 18. The Kier molecular flexibility index (Phi) is 21.2. The molecule has 0 aromatic carbocycles. The Bertz CT molecular complexity index is 341. The Labute approximate surface area is 201 Å². The molecule has 1 nitrogen and oxygen atoms in total. The lowest BCUT2D eigenvalue weighted by atomic mass is 10.1. The smallest absolute Gasteiger partial charge is 0.176 e. The molecule has 188 valence electrons. The Morgan fingerprint density at radius 3 is 0.903 bits per heavy atom. The first-order valence-corrected chi connectivity index (χ1v) is 20.8. The first kappa shape index (κ1) is 31.4. The van der Waals surface area contributed by atoms with E-state index in [9.17, 15) is 0 Å². The van der Waals surface area contributed by atoms with Gasteiger partial charge in [0.2, 0.25) is 0 Å². The predicted molar refractivity (Wildman–Crippen MR) is 149 cm³/mol. The molecule has 3 heteroatoms. The molecule has 0 fully saturated rings. The number of hydrogen-bond acceptors (Lipinski definition) is 1. The molecule has 0 aliphatic carbocycles. The molecule has 0 N–H and O–H groups in total. The zero-order chi connectivity index (χ0) is 23.3. The molecule has 0 aromatic heterocycles. The van der Waals surface area contributed by atoms with Crippen LogP contribution < -0.4 is 0 Å². The Balaban J connectivity index is 3.90. The van der Waals surface area contributed by atoms with E-state index < -0.39 is 16.6 Å². The molecule has 0 atom stereocenters. The summed E-state index contributed by atoms with van der Waals surface area (Å²) in [7, 11) is -2.93. The molecule has 0 aromatic rings. The molecule has 0 amide bonds. The summed E-state index contributed by atoms with van der Waals surface area (Å²) in [6.07, 6.45) is 28.8. The van der Waals surface area contributed by atoms with E-state index >= 15 is 0 Å². The van der Waals surface area contributed by atoms with Crippen molar-refractivity contribution in [2.45, 2.75) is 181 Å². The van der Waals surface area contributed by atoms with Crippen molar-refractivity contribution in [3.05, 3.63) is 0 Å². The van der Waals surface area contributed by atoms with Crippen LogP contribution in [0, 0.1) is 0 Å². The molecule has 0 aliphatic heterocycles. The van der Waals surface area contributed by atoms with Gasteiger partial charge in [0.15, 0.2) is 16.6 Å². The third-order valence-electron chi connectivity index (χ3n) is 6.67. The van der Waals surface area contributed by atoms with Crippen LogP contribution in [0.1, 0.15) is 142 Å². The van der Waals surface area contributed by atoms with Crippen LogP contribution in [0.15, 0.2) is 0 Å². The summed E-state index contributed by atoms with van der Waals surface area (Å²) in [5, 5.41) is 0. The van der Waals surface area contributed by atoms with E-state index in [1.54, 1.807) is 0 Å². The molecule has 0 rings (SSSR count). The van der Waals surface area contributed by atoms with Gasteiger partial charge in [-0.1, -0.05) is 142 Å². The summed E-state index contributed by atoms with van der Waals surface area (Å²) in [5.41, 5.74) is 0. The number of hydrogen-bond donors (Lipinski definition) is 0. The summed E-state index contributed by atoms with van der Waals surface area (Å²) in [6, 6.07) is 2.82. The molecule has 0 heterocycles. The standard InChI is InChI=1S/C28H62OSi2/c1-7-9-11-13-15-17-19-21-23-25-27-31(6,29-30(3,4)5)28-26-24-22-20-18-16-14-12-10-8-2/h7-28H2,1-6H3. The zero-order valence-electron chi connectivity index (χ0n) is 23.0. The highest BCUT2D eigenvalue weighted by molar-refractivity contribution is 6.84. The fourth-order valence-electron chi connectivity index (χ4n) is 4.94. The SMILES string of the molecule is CCCCCCCCCCCC[Si](C)(CCCCCCCCCCCC)O[Si](C)(C)C. The van der Waals surface area contributed by atoms with E-state index in [1.807, 2.05) is 0 Å². The molecule has 0 aliphatic rings. The summed E-state index contributed by atoms with van der Waals surface area (Å²) >= 11 is 0. The maximum Gasteiger partial charge on any atom is 0.176 e. The van der Waals surface area contributed by atoms with E-state index in [1.165, 1.54) is 141 Å². The fourth-order valence-corrected chi connectivity index (χ4v) is 13.9. The van der Waals surface area contributed by atoms with Crippen LogP contribution in [0.2, 0.25) is 38.3 Å². The summed E-state index contributed by atoms with van der Waals surface area (Å²) < 4.78 is 6.87. The van der Waals surface area contributed by atoms with Crippen molar-refractivity contribution < 1.29 is 4.12 Å². The first-order chi connectivity index (χ1) is 14.8. The van der Waals surface area contributed by atoms with Gasteiger partial charge < -0.3 is 4.12 Å². The van der Waals surface area contributed by atoms with E-state index in [4.69, 9.17) is 4.12 Å². The Hall–Kier alpha value is 0.394. The molecular formula is C28H62OSi2. The molecular weight excluding hydrogens is 408 g/mol.